The van der Waals surface area contributed by atoms with E-state index in [1.807, 2.05) is 0 Å². The van der Waals surface area contributed by atoms with Crippen molar-refractivity contribution in [2.24, 2.45) is 0 Å². The molecule has 0 bridgehead atoms. The molecule has 7 heteroatoms. The van der Waals surface area contributed by atoms with Crippen LogP contribution >= 0.6 is 0 Å². The number of sulfone groups is 1. The van der Waals surface area contributed by atoms with E-state index in [9.17, 15) is 18.0 Å². The fourth-order valence-electron chi connectivity index (χ4n) is 4.62. The Morgan fingerprint density at radius 2 is 1.74 bits per heavy atom. The van der Waals surface area contributed by atoms with Crippen LogP contribution in [0.5, 0.6) is 5.75 Å². The summed E-state index contributed by atoms with van der Waals surface area (Å²) in [5, 5.41) is -0.415. The maximum Gasteiger partial charge on any atom is 0.184 e. The Labute approximate surface area is 184 Å². The van der Waals surface area contributed by atoms with Gasteiger partial charge in [0.15, 0.2) is 21.4 Å². The summed E-state index contributed by atoms with van der Waals surface area (Å²) in [7, 11) is -2.10. The van der Waals surface area contributed by atoms with Gasteiger partial charge in [-0.3, -0.25) is 9.59 Å². The number of ketones is 2. The van der Waals surface area contributed by atoms with Gasteiger partial charge in [0.25, 0.3) is 0 Å². The zero-order valence-electron chi connectivity index (χ0n) is 18.7. The molecule has 6 nitrogen and oxygen atoms in total. The van der Waals surface area contributed by atoms with Crippen LogP contribution in [0.3, 0.4) is 0 Å². The van der Waals surface area contributed by atoms with Gasteiger partial charge in [-0.2, -0.15) is 0 Å². The van der Waals surface area contributed by atoms with Crippen molar-refractivity contribution in [2.45, 2.75) is 75.9 Å². The van der Waals surface area contributed by atoms with E-state index in [-0.39, 0.29) is 22.9 Å². The molecule has 1 fully saturated rings. The summed E-state index contributed by atoms with van der Waals surface area (Å²) < 4.78 is 32.1. The van der Waals surface area contributed by atoms with Crippen molar-refractivity contribution in [1.29, 1.82) is 0 Å². The molecule has 1 aromatic heterocycles. The van der Waals surface area contributed by atoms with Crippen LogP contribution in [-0.2, 0) is 16.3 Å². The highest BCUT2D eigenvalue weighted by Gasteiger charge is 2.31. The zero-order chi connectivity index (χ0) is 22.8. The molecule has 1 aliphatic carbocycles. The second-order valence-electron chi connectivity index (χ2n) is 8.42. The fraction of sp³-hybridized carbons (Fsp3) is 0.500. The maximum absolute atomic E-state index is 13.4. The Balaban J connectivity index is 1.93. The number of aromatic amines is 1. The normalized spacial score (nSPS) is 15.5. The van der Waals surface area contributed by atoms with Crippen LogP contribution in [0.4, 0.5) is 0 Å². The summed E-state index contributed by atoms with van der Waals surface area (Å²) in [5.74, 6) is 0.0359. The molecule has 2 aromatic rings. The molecule has 1 aliphatic rings. The van der Waals surface area contributed by atoms with E-state index in [1.54, 1.807) is 32.0 Å². The third-order valence-corrected chi connectivity index (χ3v) is 8.49. The van der Waals surface area contributed by atoms with E-state index in [1.165, 1.54) is 14.0 Å². The van der Waals surface area contributed by atoms with Crippen LogP contribution in [0.25, 0.3) is 0 Å². The number of aromatic nitrogens is 1. The molecule has 0 amide bonds. The monoisotopic (exact) mass is 445 g/mol. The molecule has 0 atom stereocenters. The van der Waals surface area contributed by atoms with Gasteiger partial charge < -0.3 is 9.72 Å². The Hall–Kier alpha value is -2.41. The van der Waals surface area contributed by atoms with Crippen LogP contribution < -0.4 is 4.74 Å². The Morgan fingerprint density at radius 1 is 1.10 bits per heavy atom. The number of benzene rings is 1. The number of aryl methyl sites for hydroxylation is 1. The molecule has 0 unspecified atom stereocenters. The molecule has 0 spiro atoms. The minimum absolute atomic E-state index is 0.0370. The number of methoxy groups -OCH3 is 1. The zero-order valence-corrected chi connectivity index (χ0v) is 19.5. The first kappa shape index (κ1) is 23.3. The summed E-state index contributed by atoms with van der Waals surface area (Å²) in [4.78, 5) is 28.0. The number of rotatable bonds is 7. The lowest BCUT2D eigenvalue weighted by Crippen LogP contribution is -2.21. The molecule has 1 aromatic carbocycles. The highest BCUT2D eigenvalue weighted by Crippen LogP contribution is 2.34. The molecule has 1 saturated carbocycles. The number of carbonyl (C=O) groups excluding carboxylic acids is 2. The minimum Gasteiger partial charge on any atom is -0.495 e. The Bertz CT molecular complexity index is 1090. The van der Waals surface area contributed by atoms with Gasteiger partial charge in [0.1, 0.15) is 10.6 Å². The Kier molecular flexibility index (Phi) is 7.04. The predicted molar refractivity (Wildman–Crippen MR) is 120 cm³/mol. The second-order valence-corrected chi connectivity index (χ2v) is 10.6. The second kappa shape index (κ2) is 9.39. The number of hydrogen-bond donors (Lipinski definition) is 1. The standard InChI is InChI=1S/C24H31NO5S/c1-15-23(17(3)26)16(2)25-24(15)20(27)13-18-11-12-21(30-4)22(14-18)31(28,29)19-9-7-5-6-8-10-19/h11-12,14,19,25H,5-10,13H2,1-4H3. The predicted octanol–water partition coefficient (Wildman–Crippen LogP) is 4.76. The molecular weight excluding hydrogens is 414 g/mol. The van der Waals surface area contributed by atoms with E-state index in [0.29, 0.717) is 46.7 Å². The molecule has 0 aliphatic heterocycles. The van der Waals surface area contributed by atoms with Crippen molar-refractivity contribution in [2.75, 3.05) is 7.11 Å². The van der Waals surface area contributed by atoms with Crippen LogP contribution in [0.2, 0.25) is 0 Å². The number of H-pyrrole nitrogens is 1. The van der Waals surface area contributed by atoms with E-state index in [0.717, 1.165) is 25.7 Å². The van der Waals surface area contributed by atoms with E-state index in [2.05, 4.69) is 4.98 Å². The average molecular weight is 446 g/mol. The lowest BCUT2D eigenvalue weighted by atomic mass is 10.0. The topological polar surface area (TPSA) is 93.3 Å². The average Bonchev–Trinajstić information content (AvgIpc) is 2.89. The molecule has 168 valence electrons. The maximum atomic E-state index is 13.4. The van der Waals surface area contributed by atoms with E-state index < -0.39 is 15.1 Å². The summed E-state index contributed by atoms with van der Waals surface area (Å²) in [6, 6.07) is 4.92. The molecule has 0 saturated heterocycles. The third kappa shape index (κ3) is 4.76. The molecule has 3 rings (SSSR count). The number of ether oxygens (including phenoxy) is 1. The van der Waals surface area contributed by atoms with Crippen molar-refractivity contribution in [3.8, 4) is 5.75 Å². The molecular formula is C24H31NO5S. The quantitative estimate of drug-likeness (QED) is 0.490. The Morgan fingerprint density at radius 3 is 2.29 bits per heavy atom. The van der Waals surface area contributed by atoms with E-state index in [4.69, 9.17) is 4.74 Å². The third-order valence-electron chi connectivity index (χ3n) is 6.21. The number of nitrogens with one attached hydrogen (secondary N) is 1. The first-order valence-electron chi connectivity index (χ1n) is 10.8. The van der Waals surface area contributed by atoms with Crippen molar-refractivity contribution < 1.29 is 22.7 Å². The fourth-order valence-corrected chi connectivity index (χ4v) is 6.68. The lowest BCUT2D eigenvalue weighted by Gasteiger charge is -2.18. The smallest absolute Gasteiger partial charge is 0.184 e. The minimum atomic E-state index is -3.56. The van der Waals surface area contributed by atoms with Gasteiger partial charge in [0.2, 0.25) is 0 Å². The van der Waals surface area contributed by atoms with Gasteiger partial charge in [-0.1, -0.05) is 31.7 Å². The number of carbonyl (C=O) groups is 2. The highest BCUT2D eigenvalue weighted by molar-refractivity contribution is 7.92. The van der Waals surface area contributed by atoms with Gasteiger partial charge in [-0.25, -0.2) is 8.42 Å². The molecule has 1 N–H and O–H groups in total. The summed E-state index contributed by atoms with van der Waals surface area (Å²) in [6.45, 7) is 5.00. The SMILES string of the molecule is COc1ccc(CC(=O)c2[nH]c(C)c(C(C)=O)c2C)cc1S(=O)(=O)C1CCCCCC1. The first-order valence-corrected chi connectivity index (χ1v) is 12.4. The van der Waals surface area contributed by atoms with E-state index >= 15 is 0 Å². The van der Waals surface area contributed by atoms with Crippen LogP contribution in [-0.4, -0.2) is 37.3 Å². The number of hydrogen-bond acceptors (Lipinski definition) is 5. The van der Waals surface area contributed by atoms with Crippen LogP contribution in [0.1, 0.15) is 83.1 Å². The van der Waals surface area contributed by atoms with Gasteiger partial charge >= 0.3 is 0 Å². The molecule has 0 radical (unpaired) electrons. The lowest BCUT2D eigenvalue weighted by molar-refractivity contribution is 0.0987. The van der Waals surface area contributed by atoms with Gasteiger partial charge in [0, 0.05) is 17.7 Å². The summed E-state index contributed by atoms with van der Waals surface area (Å²) in [5.41, 5.74) is 2.84. The van der Waals surface area contributed by atoms with Crippen LogP contribution in [0, 0.1) is 13.8 Å². The van der Waals surface area contributed by atoms with Gasteiger partial charge in [-0.15, -0.1) is 0 Å². The molecule has 1 heterocycles. The van der Waals surface area contributed by atoms with Gasteiger partial charge in [0.05, 0.1) is 18.1 Å². The van der Waals surface area contributed by atoms with Crippen molar-refractivity contribution >= 4 is 21.4 Å². The molecule has 31 heavy (non-hydrogen) atoms. The van der Waals surface area contributed by atoms with Crippen LogP contribution in [0.15, 0.2) is 23.1 Å². The summed E-state index contributed by atoms with van der Waals surface area (Å²) in [6.07, 6.45) is 5.30. The van der Waals surface area contributed by atoms with Gasteiger partial charge in [-0.05, 0) is 56.9 Å². The largest absolute Gasteiger partial charge is 0.495 e. The van der Waals surface area contributed by atoms with Crippen molar-refractivity contribution in [3.63, 3.8) is 0 Å². The van der Waals surface area contributed by atoms with Crippen molar-refractivity contribution in [3.05, 3.63) is 46.3 Å². The van der Waals surface area contributed by atoms with Crippen molar-refractivity contribution in [1.82, 2.24) is 4.98 Å². The number of Topliss-reactive ketones (excluding diaryl/α,β-unsaturated/α-hetero) is 2. The highest BCUT2D eigenvalue weighted by atomic mass is 32.2. The summed E-state index contributed by atoms with van der Waals surface area (Å²) >= 11 is 0. The first-order chi connectivity index (χ1) is 14.7.